The molecule has 1 fully saturated rings. The summed E-state index contributed by atoms with van der Waals surface area (Å²) in [6.45, 7) is 1.77. The number of hydrogen-bond donors (Lipinski definition) is 1. The molecule has 1 aliphatic heterocycles. The summed E-state index contributed by atoms with van der Waals surface area (Å²) in [6, 6.07) is 11.3. The van der Waals surface area contributed by atoms with Crippen molar-refractivity contribution in [2.24, 2.45) is 0 Å². The fraction of sp³-hybridized carbons (Fsp3) is 0.308. The number of halogens is 2. The van der Waals surface area contributed by atoms with Gasteiger partial charge in [0.1, 0.15) is 5.58 Å². The van der Waals surface area contributed by atoms with Crippen molar-refractivity contribution in [1.29, 1.82) is 0 Å². The van der Waals surface area contributed by atoms with Gasteiger partial charge in [-0.3, -0.25) is 9.69 Å². The quantitative estimate of drug-likeness (QED) is 0.409. The fourth-order valence-corrected chi connectivity index (χ4v) is 5.09. The summed E-state index contributed by atoms with van der Waals surface area (Å²) in [4.78, 5) is 20.6. The molecular weight excluding hydrogens is 472 g/mol. The van der Waals surface area contributed by atoms with Crippen LogP contribution in [-0.2, 0) is 18.7 Å². The predicted octanol–water partition coefficient (Wildman–Crippen LogP) is 4.92. The normalized spacial score (nSPS) is 16.0. The van der Waals surface area contributed by atoms with Crippen LogP contribution in [0.1, 0.15) is 40.2 Å². The van der Waals surface area contributed by atoms with Crippen molar-refractivity contribution in [3.8, 4) is 0 Å². The number of aromatic nitrogens is 1. The van der Waals surface area contributed by atoms with Gasteiger partial charge in [0, 0.05) is 43.0 Å². The summed E-state index contributed by atoms with van der Waals surface area (Å²) in [7, 11) is 1.70. The first kappa shape index (κ1) is 23.6. The van der Waals surface area contributed by atoms with Gasteiger partial charge in [-0.1, -0.05) is 18.2 Å². The van der Waals surface area contributed by atoms with Crippen molar-refractivity contribution >= 4 is 28.2 Å². The molecule has 9 heteroatoms. The molecular formula is C26H25F2N3O3S. The van der Waals surface area contributed by atoms with Crippen LogP contribution >= 0.6 is 11.3 Å². The summed E-state index contributed by atoms with van der Waals surface area (Å²) in [5.74, 6) is -1.68. The Labute approximate surface area is 205 Å². The van der Waals surface area contributed by atoms with Gasteiger partial charge < -0.3 is 14.4 Å². The highest BCUT2D eigenvalue weighted by molar-refractivity contribution is 7.07. The van der Waals surface area contributed by atoms with Crippen LogP contribution in [0.15, 0.2) is 57.8 Å². The second-order valence-corrected chi connectivity index (χ2v) is 9.74. The molecule has 0 radical (unpaired) electrons. The second kappa shape index (κ2) is 9.49. The lowest BCUT2D eigenvalue weighted by Crippen LogP contribution is -2.42. The minimum atomic E-state index is -1.05. The molecule has 1 N–H and O–H groups in total. The number of nitrogens with zero attached hydrogens (tertiary/aromatic N) is 3. The van der Waals surface area contributed by atoms with Gasteiger partial charge in [0.25, 0.3) is 5.91 Å². The first-order valence-corrected chi connectivity index (χ1v) is 12.3. The van der Waals surface area contributed by atoms with Crippen molar-refractivity contribution in [3.63, 3.8) is 0 Å². The van der Waals surface area contributed by atoms with E-state index in [1.165, 1.54) is 17.4 Å². The monoisotopic (exact) mass is 497 g/mol. The van der Waals surface area contributed by atoms with E-state index < -0.39 is 17.2 Å². The van der Waals surface area contributed by atoms with Crippen molar-refractivity contribution in [2.45, 2.75) is 31.5 Å². The molecule has 4 aromatic rings. The van der Waals surface area contributed by atoms with Crippen molar-refractivity contribution in [3.05, 3.63) is 87.6 Å². The van der Waals surface area contributed by atoms with Crippen LogP contribution in [0, 0.1) is 11.6 Å². The van der Waals surface area contributed by atoms with E-state index in [1.54, 1.807) is 35.7 Å². The highest BCUT2D eigenvalue weighted by Gasteiger charge is 2.34. The van der Waals surface area contributed by atoms with Gasteiger partial charge in [-0.05, 0) is 42.7 Å². The number of fused-ring (bicyclic) bond motifs is 1. The van der Waals surface area contributed by atoms with Gasteiger partial charge in [-0.2, -0.15) is 0 Å². The second-order valence-electron chi connectivity index (χ2n) is 9.02. The molecule has 0 unspecified atom stereocenters. The van der Waals surface area contributed by atoms with Gasteiger partial charge in [-0.15, -0.1) is 11.3 Å². The molecule has 1 amide bonds. The van der Waals surface area contributed by atoms with Gasteiger partial charge in [-0.25, -0.2) is 13.8 Å². The van der Waals surface area contributed by atoms with Crippen molar-refractivity contribution in [2.75, 3.05) is 20.1 Å². The number of thiazole rings is 1. The summed E-state index contributed by atoms with van der Waals surface area (Å²) >= 11 is 1.48. The number of rotatable bonds is 6. The molecule has 0 spiro atoms. The lowest BCUT2D eigenvalue weighted by Gasteiger charge is -2.38. The number of furan rings is 1. The summed E-state index contributed by atoms with van der Waals surface area (Å²) in [5.41, 5.74) is 3.13. The number of aliphatic hydroxyl groups is 1. The topological polar surface area (TPSA) is 69.8 Å². The molecule has 0 saturated carbocycles. The maximum absolute atomic E-state index is 14.0. The lowest BCUT2D eigenvalue weighted by molar-refractivity contribution is -0.0278. The van der Waals surface area contributed by atoms with E-state index in [0.29, 0.717) is 50.2 Å². The average Bonchev–Trinajstić information content (AvgIpc) is 3.52. The smallest absolute Gasteiger partial charge is 0.289 e. The zero-order valence-corrected chi connectivity index (χ0v) is 20.0. The summed E-state index contributed by atoms with van der Waals surface area (Å²) in [5, 5.41) is 14.0. The third-order valence-corrected chi connectivity index (χ3v) is 7.24. The Morgan fingerprint density at radius 3 is 2.77 bits per heavy atom. The molecule has 0 atom stereocenters. The van der Waals surface area contributed by atoms with E-state index in [2.05, 4.69) is 4.98 Å². The Hall–Kier alpha value is -3.14. The highest BCUT2D eigenvalue weighted by Crippen LogP contribution is 2.35. The minimum absolute atomic E-state index is 0.230. The molecule has 0 bridgehead atoms. The average molecular weight is 498 g/mol. The molecule has 1 saturated heterocycles. The Morgan fingerprint density at radius 2 is 2.03 bits per heavy atom. The van der Waals surface area contributed by atoms with Crippen LogP contribution in [0.5, 0.6) is 0 Å². The molecule has 35 heavy (non-hydrogen) atoms. The van der Waals surface area contributed by atoms with Gasteiger partial charge >= 0.3 is 0 Å². The lowest BCUT2D eigenvalue weighted by atomic mass is 9.84. The van der Waals surface area contributed by atoms with Crippen LogP contribution < -0.4 is 0 Å². The number of benzene rings is 2. The summed E-state index contributed by atoms with van der Waals surface area (Å²) < 4.78 is 33.3. The van der Waals surface area contributed by atoms with Crippen LogP contribution in [0.4, 0.5) is 8.78 Å². The molecule has 1 aliphatic rings. The van der Waals surface area contributed by atoms with E-state index in [4.69, 9.17) is 4.42 Å². The molecule has 5 rings (SSSR count). The Morgan fingerprint density at radius 1 is 1.23 bits per heavy atom. The number of likely N-dealkylation sites (tertiary alicyclic amines) is 1. The predicted molar refractivity (Wildman–Crippen MR) is 129 cm³/mol. The number of carbonyl (C=O) groups is 1. The van der Waals surface area contributed by atoms with E-state index >= 15 is 0 Å². The molecule has 3 heterocycles. The van der Waals surface area contributed by atoms with E-state index in [1.807, 2.05) is 22.4 Å². The third kappa shape index (κ3) is 4.84. The SMILES string of the molecule is CN(Cc1cscn1)C(=O)c1cc2cc(C3(O)CCN(Cc4cccc(F)c4F)CC3)ccc2o1. The van der Waals surface area contributed by atoms with Gasteiger partial charge in [0.2, 0.25) is 0 Å². The van der Waals surface area contributed by atoms with Gasteiger partial charge in [0.05, 0.1) is 23.4 Å². The third-order valence-electron chi connectivity index (χ3n) is 6.60. The van der Waals surface area contributed by atoms with Gasteiger partial charge in [0.15, 0.2) is 17.4 Å². The van der Waals surface area contributed by atoms with Crippen LogP contribution in [0.25, 0.3) is 11.0 Å². The van der Waals surface area contributed by atoms with E-state index in [0.717, 1.165) is 22.7 Å². The zero-order chi connectivity index (χ0) is 24.6. The largest absolute Gasteiger partial charge is 0.451 e. The standard InChI is InChI=1S/C26H25F2N3O3S/c1-30(14-20-15-35-16-29-20)25(32)23-12-18-11-19(5-6-22(18)34-23)26(33)7-9-31(10-8-26)13-17-3-2-4-21(27)24(17)28/h2-6,11-12,15-16,33H,7-10,13-14H2,1H3. The first-order valence-electron chi connectivity index (χ1n) is 11.4. The molecule has 2 aromatic heterocycles. The zero-order valence-electron chi connectivity index (χ0n) is 19.2. The van der Waals surface area contributed by atoms with E-state index in [-0.39, 0.29) is 11.7 Å². The minimum Gasteiger partial charge on any atom is -0.451 e. The Kier molecular flexibility index (Phi) is 6.39. The van der Waals surface area contributed by atoms with Crippen molar-refractivity contribution in [1.82, 2.24) is 14.8 Å². The number of hydrogen-bond acceptors (Lipinski definition) is 6. The number of carbonyl (C=O) groups excluding carboxylic acids is 1. The number of piperidine rings is 1. The Balaban J connectivity index is 1.27. The first-order chi connectivity index (χ1) is 16.8. The maximum atomic E-state index is 14.0. The van der Waals surface area contributed by atoms with Crippen LogP contribution in [-0.4, -0.2) is 45.9 Å². The fourth-order valence-electron chi connectivity index (χ4n) is 4.54. The van der Waals surface area contributed by atoms with E-state index in [9.17, 15) is 18.7 Å². The van der Waals surface area contributed by atoms with Crippen molar-refractivity contribution < 1.29 is 23.1 Å². The maximum Gasteiger partial charge on any atom is 0.289 e. The summed E-state index contributed by atoms with van der Waals surface area (Å²) in [6.07, 6.45) is 0.908. The molecule has 6 nitrogen and oxygen atoms in total. The van der Waals surface area contributed by atoms with Crippen LogP contribution in [0.2, 0.25) is 0 Å². The number of amides is 1. The molecule has 0 aliphatic carbocycles. The highest BCUT2D eigenvalue weighted by atomic mass is 32.1. The Bertz CT molecular complexity index is 1350. The van der Waals surface area contributed by atoms with Crippen LogP contribution in [0.3, 0.4) is 0 Å². The molecule has 182 valence electrons. The molecule has 2 aromatic carbocycles.